The molecule has 3 heterocycles. The van der Waals surface area contributed by atoms with Crippen LogP contribution in [0.3, 0.4) is 0 Å². The summed E-state index contributed by atoms with van der Waals surface area (Å²) >= 11 is 0. The smallest absolute Gasteiger partial charge is 0.157 e. The summed E-state index contributed by atoms with van der Waals surface area (Å²) in [5, 5.41) is 13.5. The number of likely N-dealkylation sites (N-methyl/N-ethyl adjacent to an activating group) is 1. The van der Waals surface area contributed by atoms with Gasteiger partial charge in [-0.3, -0.25) is 10.6 Å². The number of anilines is 1. The van der Waals surface area contributed by atoms with Gasteiger partial charge in [-0.15, -0.1) is 0 Å². The highest BCUT2D eigenvalue weighted by molar-refractivity contribution is 5.77. The number of hydrogen-bond acceptors (Lipinski definition) is 6. The van der Waals surface area contributed by atoms with Gasteiger partial charge in [0.05, 0.1) is 24.0 Å². The zero-order valence-electron chi connectivity index (χ0n) is 17.9. The summed E-state index contributed by atoms with van der Waals surface area (Å²) in [6.07, 6.45) is 5.86. The van der Waals surface area contributed by atoms with Crippen LogP contribution >= 0.6 is 0 Å². The van der Waals surface area contributed by atoms with Gasteiger partial charge in [0.1, 0.15) is 12.0 Å². The van der Waals surface area contributed by atoms with E-state index in [4.69, 9.17) is 4.74 Å². The minimum atomic E-state index is -0.212. The van der Waals surface area contributed by atoms with E-state index < -0.39 is 0 Å². The molecule has 0 aromatic heterocycles. The minimum Gasteiger partial charge on any atom is -0.492 e. The maximum atomic E-state index is 15.8. The summed E-state index contributed by atoms with van der Waals surface area (Å²) in [5.74, 6) is 0.526. The van der Waals surface area contributed by atoms with E-state index in [0.29, 0.717) is 23.9 Å². The zero-order chi connectivity index (χ0) is 20.5. The summed E-state index contributed by atoms with van der Waals surface area (Å²) in [5.41, 5.74) is 3.33. The second kappa shape index (κ2) is 8.60. The molecule has 1 aromatic rings. The van der Waals surface area contributed by atoms with Crippen molar-refractivity contribution in [3.8, 4) is 5.75 Å². The molecule has 1 fully saturated rings. The molecule has 7 heteroatoms. The third kappa shape index (κ3) is 4.28. The Bertz CT molecular complexity index is 783. The Labute approximate surface area is 173 Å². The predicted octanol–water partition coefficient (Wildman–Crippen LogP) is 2.47. The van der Waals surface area contributed by atoms with Gasteiger partial charge in [-0.2, -0.15) is 0 Å². The summed E-state index contributed by atoms with van der Waals surface area (Å²) in [7, 11) is 4.06. The van der Waals surface area contributed by atoms with Crippen LogP contribution in [0.1, 0.15) is 44.2 Å². The van der Waals surface area contributed by atoms with Crippen LogP contribution in [0.5, 0.6) is 5.75 Å². The summed E-state index contributed by atoms with van der Waals surface area (Å²) in [6.45, 7) is 5.95. The molecule has 1 aromatic carbocycles. The van der Waals surface area contributed by atoms with Crippen LogP contribution in [-0.4, -0.2) is 56.7 Å². The van der Waals surface area contributed by atoms with Crippen molar-refractivity contribution in [2.24, 2.45) is 0 Å². The molecule has 0 saturated carbocycles. The van der Waals surface area contributed by atoms with Gasteiger partial charge in [0.25, 0.3) is 0 Å². The molecule has 4 unspecified atom stereocenters. The summed E-state index contributed by atoms with van der Waals surface area (Å²) in [6, 6.07) is 2.53. The molecule has 6 nitrogen and oxygen atoms in total. The Morgan fingerprint density at radius 1 is 1.24 bits per heavy atom. The highest BCUT2D eigenvalue weighted by atomic mass is 19.1. The van der Waals surface area contributed by atoms with E-state index in [1.807, 2.05) is 13.1 Å². The molecule has 29 heavy (non-hydrogen) atoms. The normalized spacial score (nSPS) is 30.3. The number of rotatable bonds is 4. The number of allylic oxidation sites excluding steroid dienone is 1. The largest absolute Gasteiger partial charge is 0.492 e. The number of nitrogens with zero attached hydrogens (tertiary/aromatic N) is 1. The molecule has 3 aliphatic rings. The Morgan fingerprint density at radius 3 is 2.86 bits per heavy atom. The lowest BCUT2D eigenvalue weighted by Crippen LogP contribution is -2.63. The first-order valence-corrected chi connectivity index (χ1v) is 10.8. The lowest BCUT2D eigenvalue weighted by atomic mass is 9.95. The van der Waals surface area contributed by atoms with Gasteiger partial charge in [0, 0.05) is 24.1 Å². The highest BCUT2D eigenvalue weighted by Gasteiger charge is 2.29. The topological polar surface area (TPSA) is 60.6 Å². The van der Waals surface area contributed by atoms with Crippen LogP contribution in [0.4, 0.5) is 10.1 Å². The van der Waals surface area contributed by atoms with Crippen LogP contribution < -0.4 is 26.0 Å². The van der Waals surface area contributed by atoms with Crippen LogP contribution in [0.15, 0.2) is 12.1 Å². The van der Waals surface area contributed by atoms with E-state index in [1.54, 1.807) is 0 Å². The van der Waals surface area contributed by atoms with Gasteiger partial charge in [0.2, 0.25) is 0 Å². The van der Waals surface area contributed by atoms with Crippen molar-refractivity contribution in [3.05, 3.63) is 29.1 Å². The van der Waals surface area contributed by atoms with Crippen molar-refractivity contribution < 1.29 is 9.13 Å². The molecule has 3 aliphatic heterocycles. The maximum Gasteiger partial charge on any atom is 0.157 e. The van der Waals surface area contributed by atoms with Crippen molar-refractivity contribution in [2.75, 3.05) is 32.6 Å². The Hall–Kier alpha value is -1.67. The highest BCUT2D eigenvalue weighted by Crippen LogP contribution is 2.42. The fourth-order valence-electron chi connectivity index (χ4n) is 4.60. The first-order valence-electron chi connectivity index (χ1n) is 10.8. The van der Waals surface area contributed by atoms with Crippen LogP contribution in [0, 0.1) is 5.82 Å². The molecule has 0 aliphatic carbocycles. The molecule has 4 N–H and O–H groups in total. The monoisotopic (exact) mass is 403 g/mol. The zero-order valence-corrected chi connectivity index (χ0v) is 17.9. The standard InChI is InChI=1S/C22H34FN5O/c1-13-10-18(24-3)27-22(25-13)26-17-12-16-7-9-29-21(16)19(20(17)23)15-6-5-8-28(4)14(2)11-15/h11-14,18,22,24-27H,5-10H2,1-4H3. The van der Waals surface area contributed by atoms with Crippen molar-refractivity contribution >= 4 is 11.3 Å². The van der Waals surface area contributed by atoms with E-state index in [1.165, 1.54) is 0 Å². The minimum absolute atomic E-state index is 0.185. The molecule has 4 atom stereocenters. The van der Waals surface area contributed by atoms with Crippen LogP contribution in [-0.2, 0) is 6.42 Å². The lowest BCUT2D eigenvalue weighted by Gasteiger charge is -2.37. The Kier molecular flexibility index (Phi) is 6.11. The van der Waals surface area contributed by atoms with Crippen LogP contribution in [0.25, 0.3) is 5.57 Å². The van der Waals surface area contributed by atoms with E-state index in [-0.39, 0.29) is 24.3 Å². The number of benzene rings is 1. The van der Waals surface area contributed by atoms with Crippen molar-refractivity contribution in [1.82, 2.24) is 20.9 Å². The van der Waals surface area contributed by atoms with E-state index in [9.17, 15) is 0 Å². The molecular formula is C22H34FN5O. The molecule has 160 valence electrons. The van der Waals surface area contributed by atoms with E-state index >= 15 is 4.39 Å². The third-order valence-corrected chi connectivity index (χ3v) is 6.38. The van der Waals surface area contributed by atoms with E-state index in [2.05, 4.69) is 53.1 Å². The number of halogens is 1. The SMILES string of the molecule is CNC1CC(C)NC(Nc2cc3c(c(C4=CC(C)N(C)CCC4)c2F)OCC3)N1. The first kappa shape index (κ1) is 20.6. The van der Waals surface area contributed by atoms with Crippen LogP contribution in [0.2, 0.25) is 0 Å². The summed E-state index contributed by atoms with van der Waals surface area (Å²) in [4.78, 5) is 2.31. The molecule has 0 radical (unpaired) electrons. The average molecular weight is 404 g/mol. The van der Waals surface area contributed by atoms with E-state index in [0.717, 1.165) is 49.1 Å². The van der Waals surface area contributed by atoms with Gasteiger partial charge in [-0.1, -0.05) is 6.08 Å². The first-order chi connectivity index (χ1) is 14.0. The van der Waals surface area contributed by atoms with Gasteiger partial charge in [-0.05, 0) is 65.4 Å². The fraction of sp³-hybridized carbons (Fsp3) is 0.636. The maximum absolute atomic E-state index is 15.8. The molecule has 1 saturated heterocycles. The molecular weight excluding hydrogens is 369 g/mol. The number of fused-ring (bicyclic) bond motifs is 1. The Balaban J connectivity index is 1.68. The van der Waals surface area contributed by atoms with Crippen molar-refractivity contribution in [2.45, 2.75) is 64.1 Å². The Morgan fingerprint density at radius 2 is 2.07 bits per heavy atom. The van der Waals surface area contributed by atoms with Gasteiger partial charge >= 0.3 is 0 Å². The number of hydrogen-bond donors (Lipinski definition) is 4. The number of nitrogens with one attached hydrogen (secondary N) is 4. The van der Waals surface area contributed by atoms with Crippen molar-refractivity contribution in [3.63, 3.8) is 0 Å². The molecule has 0 amide bonds. The lowest BCUT2D eigenvalue weighted by molar-refractivity contribution is 0.249. The fourth-order valence-corrected chi connectivity index (χ4v) is 4.60. The summed E-state index contributed by atoms with van der Waals surface area (Å²) < 4.78 is 21.7. The molecule has 4 rings (SSSR count). The predicted molar refractivity (Wildman–Crippen MR) is 116 cm³/mol. The molecule has 0 bridgehead atoms. The quantitative estimate of drug-likeness (QED) is 0.620. The van der Waals surface area contributed by atoms with Gasteiger partial charge < -0.3 is 20.3 Å². The average Bonchev–Trinajstić information content (AvgIpc) is 3.08. The second-order valence-corrected chi connectivity index (χ2v) is 8.61. The second-order valence-electron chi connectivity index (χ2n) is 8.61. The number of ether oxygens (including phenoxy) is 1. The van der Waals surface area contributed by atoms with Gasteiger partial charge in [-0.25, -0.2) is 4.39 Å². The molecule has 0 spiro atoms. The van der Waals surface area contributed by atoms with Gasteiger partial charge in [0.15, 0.2) is 5.82 Å². The third-order valence-electron chi connectivity index (χ3n) is 6.38. The van der Waals surface area contributed by atoms with Crippen molar-refractivity contribution in [1.29, 1.82) is 0 Å².